The molecule has 2 aliphatic rings. The van der Waals surface area contributed by atoms with Crippen molar-refractivity contribution in [3.8, 4) is 0 Å². The molecule has 0 radical (unpaired) electrons. The number of likely N-dealkylation sites (tertiary alicyclic amines) is 2. The van der Waals surface area contributed by atoms with Crippen molar-refractivity contribution in [2.75, 3.05) is 38.0 Å². The summed E-state index contributed by atoms with van der Waals surface area (Å²) in [6.45, 7) is 7.75. The number of hydrogen-bond acceptors (Lipinski definition) is 4. The molecule has 0 saturated carbocycles. The van der Waals surface area contributed by atoms with Crippen molar-refractivity contribution in [3.05, 3.63) is 101 Å². The van der Waals surface area contributed by atoms with Gasteiger partial charge in [-0.15, -0.1) is 0 Å². The lowest BCUT2D eigenvalue weighted by Gasteiger charge is -2.25. The molecule has 0 bridgehead atoms. The number of aromatic nitrogens is 1. The molecule has 1 aromatic heterocycles. The number of carbonyl (C=O) groups excluding carboxylic acids is 2. The first-order valence-corrected chi connectivity index (χ1v) is 13.3. The molecule has 2 saturated heterocycles. The van der Waals surface area contributed by atoms with Gasteiger partial charge in [-0.3, -0.25) is 4.79 Å². The van der Waals surface area contributed by atoms with Crippen molar-refractivity contribution in [1.29, 1.82) is 0 Å². The number of fused-ring (bicyclic) bond motifs is 1. The third kappa shape index (κ3) is 5.65. The van der Waals surface area contributed by atoms with Crippen LogP contribution < -0.4 is 15.4 Å². The second kappa shape index (κ2) is 11.2. The first kappa shape index (κ1) is 25.7. The average molecular weight is 514 g/mol. The van der Waals surface area contributed by atoms with Crippen LogP contribution in [0.5, 0.6) is 0 Å². The van der Waals surface area contributed by atoms with Gasteiger partial charge in [0.25, 0.3) is 5.91 Å². The van der Waals surface area contributed by atoms with Gasteiger partial charge in [-0.2, -0.15) is 4.73 Å². The molecular formula is C30H35N5O3. The van der Waals surface area contributed by atoms with Gasteiger partial charge in [-0.25, -0.2) is 4.79 Å². The lowest BCUT2D eigenvalue weighted by Crippen LogP contribution is -2.38. The quantitative estimate of drug-likeness (QED) is 0.370. The van der Waals surface area contributed by atoms with Crippen LogP contribution in [0.15, 0.2) is 72.9 Å². The van der Waals surface area contributed by atoms with Gasteiger partial charge in [-0.1, -0.05) is 48.5 Å². The van der Waals surface area contributed by atoms with Gasteiger partial charge in [0.1, 0.15) is 5.56 Å². The highest BCUT2D eigenvalue weighted by Gasteiger charge is 2.42. The lowest BCUT2D eigenvalue weighted by molar-refractivity contribution is -0.612. The van der Waals surface area contributed by atoms with Crippen LogP contribution in [0.4, 0.5) is 10.5 Å². The fraction of sp³-hybridized carbons (Fsp3) is 0.367. The highest BCUT2D eigenvalue weighted by atomic mass is 16.5. The predicted molar refractivity (Wildman–Crippen MR) is 147 cm³/mol. The largest absolute Gasteiger partial charge is 0.618 e. The average Bonchev–Trinajstić information content (AvgIpc) is 3.49. The Morgan fingerprint density at radius 3 is 2.24 bits per heavy atom. The van der Waals surface area contributed by atoms with Crippen LogP contribution in [0.3, 0.4) is 0 Å². The SMILES string of the molecule is Cc1cc[n+]([O-])c(C)c1C(=O)N1CC2CN(CCC(NC(=O)Nc3ccccc3)c3ccccc3)C[C@H]2C1. The maximum absolute atomic E-state index is 13.3. The van der Waals surface area contributed by atoms with E-state index in [0.29, 0.717) is 36.2 Å². The van der Waals surface area contributed by atoms with Crippen molar-refractivity contribution in [2.24, 2.45) is 11.8 Å². The summed E-state index contributed by atoms with van der Waals surface area (Å²) in [5, 5.41) is 18.1. The molecule has 2 fully saturated rings. The van der Waals surface area contributed by atoms with Crippen LogP contribution >= 0.6 is 0 Å². The molecule has 3 atom stereocenters. The van der Waals surface area contributed by atoms with Crippen molar-refractivity contribution in [3.63, 3.8) is 0 Å². The molecule has 8 heteroatoms. The molecule has 2 unspecified atom stereocenters. The summed E-state index contributed by atoms with van der Waals surface area (Å²) in [7, 11) is 0. The summed E-state index contributed by atoms with van der Waals surface area (Å²) >= 11 is 0. The van der Waals surface area contributed by atoms with Gasteiger partial charge in [-0.05, 0) is 48.4 Å². The number of para-hydroxylation sites is 1. The molecule has 3 aromatic rings. The minimum atomic E-state index is -0.219. The number of benzene rings is 2. The van der Waals surface area contributed by atoms with Gasteiger partial charge in [0.2, 0.25) is 5.69 Å². The maximum atomic E-state index is 13.3. The zero-order chi connectivity index (χ0) is 26.6. The number of aryl methyl sites for hydroxylation is 1. The first-order valence-electron chi connectivity index (χ1n) is 13.3. The standard InChI is InChI=1S/C30H35N5O3/c1-21-13-16-35(38)22(2)28(21)29(36)34-19-24-17-33(18-25(24)20-34)15-14-27(23-9-5-3-6-10-23)32-30(37)31-26-11-7-4-8-12-26/h3-13,16,24-25,27H,14-15,17-20H2,1-2H3,(H2,31,32,37)/t24-,25?,27?/m0/s1. The van der Waals surface area contributed by atoms with E-state index < -0.39 is 0 Å². The number of urea groups is 1. The van der Waals surface area contributed by atoms with Crippen LogP contribution in [0.2, 0.25) is 0 Å². The van der Waals surface area contributed by atoms with Gasteiger partial charge in [0.05, 0.1) is 6.04 Å². The third-order valence-corrected chi connectivity index (χ3v) is 7.88. The Balaban J connectivity index is 1.17. The normalized spacial score (nSPS) is 19.7. The molecule has 198 valence electrons. The number of pyridine rings is 1. The Labute approximate surface area is 223 Å². The summed E-state index contributed by atoms with van der Waals surface area (Å²) in [4.78, 5) is 30.4. The molecule has 3 amide bonds. The molecule has 0 aliphatic carbocycles. The van der Waals surface area contributed by atoms with E-state index in [4.69, 9.17) is 0 Å². The molecular weight excluding hydrogens is 478 g/mol. The Kier molecular flexibility index (Phi) is 7.60. The van der Waals surface area contributed by atoms with Gasteiger partial charge in [0, 0.05) is 51.4 Å². The molecule has 2 aromatic carbocycles. The zero-order valence-corrected chi connectivity index (χ0v) is 22.0. The Morgan fingerprint density at radius 2 is 1.58 bits per heavy atom. The summed E-state index contributed by atoms with van der Waals surface area (Å²) < 4.78 is 0.774. The molecule has 0 spiro atoms. The van der Waals surface area contributed by atoms with E-state index in [0.717, 1.165) is 47.6 Å². The van der Waals surface area contributed by atoms with Crippen LogP contribution in [-0.2, 0) is 0 Å². The summed E-state index contributed by atoms with van der Waals surface area (Å²) in [5.74, 6) is 0.809. The number of carbonyl (C=O) groups is 2. The number of nitrogens with zero attached hydrogens (tertiary/aromatic N) is 3. The minimum absolute atomic E-state index is 0.0380. The summed E-state index contributed by atoms with van der Waals surface area (Å²) in [6, 6.07) is 20.9. The molecule has 38 heavy (non-hydrogen) atoms. The third-order valence-electron chi connectivity index (χ3n) is 7.88. The van der Waals surface area contributed by atoms with Crippen molar-refractivity contribution >= 4 is 17.6 Å². The second-order valence-electron chi connectivity index (χ2n) is 10.5. The van der Waals surface area contributed by atoms with Gasteiger partial charge in [0.15, 0.2) is 6.20 Å². The van der Waals surface area contributed by atoms with Crippen LogP contribution in [0, 0.1) is 30.9 Å². The highest BCUT2D eigenvalue weighted by Crippen LogP contribution is 2.33. The first-order chi connectivity index (χ1) is 18.4. The topological polar surface area (TPSA) is 91.6 Å². The van der Waals surface area contributed by atoms with E-state index in [1.807, 2.05) is 60.4 Å². The zero-order valence-electron chi connectivity index (χ0n) is 22.0. The fourth-order valence-electron chi connectivity index (χ4n) is 5.86. The van der Waals surface area contributed by atoms with E-state index in [-0.39, 0.29) is 18.0 Å². The summed E-state index contributed by atoms with van der Waals surface area (Å²) in [6.07, 6.45) is 2.25. The summed E-state index contributed by atoms with van der Waals surface area (Å²) in [5.41, 5.74) is 3.67. The monoisotopic (exact) mass is 513 g/mol. The second-order valence-corrected chi connectivity index (χ2v) is 10.5. The maximum Gasteiger partial charge on any atom is 0.319 e. The Bertz CT molecular complexity index is 1270. The highest BCUT2D eigenvalue weighted by molar-refractivity contribution is 5.96. The number of amides is 3. The van der Waals surface area contributed by atoms with E-state index >= 15 is 0 Å². The molecule has 5 rings (SSSR count). The smallest absolute Gasteiger partial charge is 0.319 e. The van der Waals surface area contributed by atoms with Crippen molar-refractivity contribution in [1.82, 2.24) is 15.1 Å². The number of hydrogen-bond donors (Lipinski definition) is 2. The Morgan fingerprint density at radius 1 is 0.947 bits per heavy atom. The number of nitrogens with one attached hydrogen (secondary N) is 2. The molecule has 2 N–H and O–H groups in total. The lowest BCUT2D eigenvalue weighted by atomic mass is 10.0. The fourth-order valence-corrected chi connectivity index (χ4v) is 5.86. The van der Waals surface area contributed by atoms with Crippen molar-refractivity contribution < 1.29 is 14.3 Å². The van der Waals surface area contributed by atoms with E-state index in [2.05, 4.69) is 27.7 Å². The van der Waals surface area contributed by atoms with Crippen molar-refractivity contribution in [2.45, 2.75) is 26.3 Å². The van der Waals surface area contributed by atoms with E-state index in [1.54, 1.807) is 13.0 Å². The predicted octanol–water partition coefficient (Wildman–Crippen LogP) is 3.89. The van der Waals surface area contributed by atoms with Gasteiger partial charge < -0.3 is 25.6 Å². The van der Waals surface area contributed by atoms with Crippen LogP contribution in [0.25, 0.3) is 0 Å². The van der Waals surface area contributed by atoms with Crippen LogP contribution in [-0.4, -0.2) is 54.5 Å². The van der Waals surface area contributed by atoms with Crippen LogP contribution in [0.1, 0.15) is 39.6 Å². The molecule has 2 aliphatic heterocycles. The Hall–Kier alpha value is -3.91. The number of anilines is 1. The molecule has 3 heterocycles. The molecule has 8 nitrogen and oxygen atoms in total. The van der Waals surface area contributed by atoms with E-state index in [1.165, 1.54) is 6.20 Å². The van der Waals surface area contributed by atoms with Gasteiger partial charge >= 0.3 is 6.03 Å². The number of rotatable bonds is 7. The van der Waals surface area contributed by atoms with E-state index in [9.17, 15) is 14.8 Å². The minimum Gasteiger partial charge on any atom is -0.618 e.